The molecule has 0 radical (unpaired) electrons. The molecule has 0 saturated carbocycles. The zero-order valence-corrected chi connectivity index (χ0v) is 11.4. The molecule has 0 spiro atoms. The van der Waals surface area contributed by atoms with Gasteiger partial charge in [-0.2, -0.15) is 0 Å². The number of carbonyl (C=O) groups excluding carboxylic acids is 1. The van der Waals surface area contributed by atoms with Crippen LogP contribution in [0.3, 0.4) is 0 Å². The largest absolute Gasteiger partial charge is 0.382 e. The van der Waals surface area contributed by atoms with Gasteiger partial charge in [-0.3, -0.25) is 4.79 Å². The summed E-state index contributed by atoms with van der Waals surface area (Å²) < 4.78 is 0.809. The SMILES string of the molecule is CSc1nc(N)c(C(=O)/C=C\c2ccccc2)s1. The Bertz CT molecular complexity index is 576. The second-order valence-electron chi connectivity index (χ2n) is 3.51. The highest BCUT2D eigenvalue weighted by Gasteiger charge is 2.13. The quantitative estimate of drug-likeness (QED) is 0.528. The van der Waals surface area contributed by atoms with Gasteiger partial charge in [-0.15, -0.1) is 11.3 Å². The van der Waals surface area contributed by atoms with Crippen LogP contribution in [0.2, 0.25) is 0 Å². The fourth-order valence-corrected chi connectivity index (χ4v) is 2.80. The van der Waals surface area contributed by atoms with E-state index in [0.717, 1.165) is 9.90 Å². The number of ketones is 1. The Kier molecular flexibility index (Phi) is 4.17. The molecular weight excluding hydrogens is 264 g/mol. The first-order valence-corrected chi connectivity index (χ1v) is 7.32. The third-order valence-corrected chi connectivity index (χ3v) is 4.33. The molecule has 2 rings (SSSR count). The number of nitrogens with two attached hydrogens (primary N) is 1. The Hall–Kier alpha value is -1.59. The topological polar surface area (TPSA) is 56.0 Å². The second kappa shape index (κ2) is 5.84. The van der Waals surface area contributed by atoms with E-state index in [2.05, 4.69) is 4.98 Å². The molecule has 0 aliphatic heterocycles. The Morgan fingerprint density at radius 3 is 2.72 bits per heavy atom. The normalized spacial score (nSPS) is 10.9. The first-order chi connectivity index (χ1) is 8.70. The van der Waals surface area contributed by atoms with Gasteiger partial charge in [0.05, 0.1) is 0 Å². The molecule has 1 heterocycles. The van der Waals surface area contributed by atoms with Gasteiger partial charge in [0.1, 0.15) is 10.7 Å². The van der Waals surface area contributed by atoms with Crippen molar-refractivity contribution in [1.29, 1.82) is 0 Å². The van der Waals surface area contributed by atoms with Crippen molar-refractivity contribution >= 4 is 40.8 Å². The van der Waals surface area contributed by atoms with E-state index in [9.17, 15) is 4.79 Å². The summed E-state index contributed by atoms with van der Waals surface area (Å²) in [6.45, 7) is 0. The van der Waals surface area contributed by atoms with Crippen LogP contribution in [0.5, 0.6) is 0 Å². The molecule has 2 N–H and O–H groups in total. The zero-order valence-electron chi connectivity index (χ0n) is 9.79. The maximum absolute atomic E-state index is 12.0. The van der Waals surface area contributed by atoms with E-state index < -0.39 is 0 Å². The number of allylic oxidation sites excluding steroid dienone is 1. The molecule has 0 bridgehead atoms. The monoisotopic (exact) mass is 276 g/mol. The van der Waals surface area contributed by atoms with Crippen LogP contribution in [0.25, 0.3) is 6.08 Å². The minimum absolute atomic E-state index is 0.103. The van der Waals surface area contributed by atoms with Crippen LogP contribution in [0, 0.1) is 0 Å². The number of thioether (sulfide) groups is 1. The predicted molar refractivity (Wildman–Crippen MR) is 78.1 cm³/mol. The van der Waals surface area contributed by atoms with Crippen molar-refractivity contribution in [3.63, 3.8) is 0 Å². The molecule has 3 nitrogen and oxygen atoms in total. The van der Waals surface area contributed by atoms with E-state index in [1.165, 1.54) is 29.2 Å². The maximum atomic E-state index is 12.0. The second-order valence-corrected chi connectivity index (χ2v) is 5.56. The molecule has 0 atom stereocenters. The van der Waals surface area contributed by atoms with Crippen LogP contribution in [-0.4, -0.2) is 17.0 Å². The average Bonchev–Trinajstić information content (AvgIpc) is 2.78. The van der Waals surface area contributed by atoms with E-state index in [0.29, 0.717) is 10.7 Å². The summed E-state index contributed by atoms with van der Waals surface area (Å²) in [7, 11) is 0. The number of carbonyl (C=O) groups is 1. The number of hydrogen-bond acceptors (Lipinski definition) is 5. The van der Waals surface area contributed by atoms with Gasteiger partial charge in [0, 0.05) is 0 Å². The first kappa shape index (κ1) is 12.9. The Balaban J connectivity index is 2.17. The predicted octanol–water partition coefficient (Wildman–Crippen LogP) is 3.34. The van der Waals surface area contributed by atoms with Gasteiger partial charge in [0.2, 0.25) is 0 Å². The Morgan fingerprint density at radius 2 is 2.11 bits per heavy atom. The van der Waals surface area contributed by atoms with Gasteiger partial charge >= 0.3 is 0 Å². The molecule has 0 saturated heterocycles. The maximum Gasteiger partial charge on any atom is 0.199 e. The van der Waals surface area contributed by atoms with Crippen molar-refractivity contribution in [2.24, 2.45) is 0 Å². The van der Waals surface area contributed by atoms with Crippen LogP contribution >= 0.6 is 23.1 Å². The summed E-state index contributed by atoms with van der Waals surface area (Å²) >= 11 is 2.82. The third-order valence-electron chi connectivity index (χ3n) is 2.26. The zero-order chi connectivity index (χ0) is 13.0. The lowest BCUT2D eigenvalue weighted by Crippen LogP contribution is -1.96. The standard InChI is InChI=1S/C13H12N2OS2/c1-17-13-15-12(14)11(18-13)10(16)8-7-9-5-3-2-4-6-9/h2-8H,14H2,1H3/b8-7-. The van der Waals surface area contributed by atoms with Crippen molar-refractivity contribution in [1.82, 2.24) is 4.98 Å². The van der Waals surface area contributed by atoms with E-state index in [1.54, 1.807) is 6.08 Å². The van der Waals surface area contributed by atoms with E-state index in [4.69, 9.17) is 5.73 Å². The van der Waals surface area contributed by atoms with Crippen LogP contribution in [0.1, 0.15) is 15.2 Å². The molecule has 1 aromatic heterocycles. The lowest BCUT2D eigenvalue weighted by molar-refractivity contribution is 0.105. The van der Waals surface area contributed by atoms with Crippen molar-refractivity contribution in [3.05, 3.63) is 46.8 Å². The highest BCUT2D eigenvalue weighted by molar-refractivity contribution is 8.00. The average molecular weight is 276 g/mol. The fraction of sp³-hybridized carbons (Fsp3) is 0.0769. The smallest absolute Gasteiger partial charge is 0.199 e. The fourth-order valence-electron chi connectivity index (χ4n) is 1.39. The van der Waals surface area contributed by atoms with Crippen molar-refractivity contribution < 1.29 is 4.79 Å². The molecular formula is C13H12N2OS2. The van der Waals surface area contributed by atoms with Crippen LogP contribution in [0.4, 0.5) is 5.82 Å². The lowest BCUT2D eigenvalue weighted by Gasteiger charge is -1.92. The number of nitrogen functional groups attached to an aromatic ring is 1. The van der Waals surface area contributed by atoms with Gasteiger partial charge in [0.15, 0.2) is 10.1 Å². The lowest BCUT2D eigenvalue weighted by atomic mass is 10.2. The molecule has 2 aromatic rings. The van der Waals surface area contributed by atoms with Crippen molar-refractivity contribution in [3.8, 4) is 0 Å². The van der Waals surface area contributed by atoms with Crippen LogP contribution in [-0.2, 0) is 0 Å². The summed E-state index contributed by atoms with van der Waals surface area (Å²) in [5.41, 5.74) is 6.70. The van der Waals surface area contributed by atoms with Gasteiger partial charge in [-0.05, 0) is 17.9 Å². The minimum Gasteiger partial charge on any atom is -0.382 e. The molecule has 5 heteroatoms. The molecule has 92 valence electrons. The molecule has 1 aromatic carbocycles. The molecule has 0 unspecified atom stereocenters. The molecule has 0 fully saturated rings. The van der Waals surface area contributed by atoms with E-state index in [-0.39, 0.29) is 5.78 Å². The minimum atomic E-state index is -0.103. The number of aromatic nitrogens is 1. The van der Waals surface area contributed by atoms with E-state index >= 15 is 0 Å². The number of anilines is 1. The Morgan fingerprint density at radius 1 is 1.39 bits per heavy atom. The molecule has 0 amide bonds. The van der Waals surface area contributed by atoms with Crippen LogP contribution < -0.4 is 5.73 Å². The summed E-state index contributed by atoms with van der Waals surface area (Å²) in [6, 6.07) is 9.67. The molecule has 0 aliphatic rings. The van der Waals surface area contributed by atoms with Crippen LogP contribution in [0.15, 0.2) is 40.7 Å². The number of hydrogen-bond donors (Lipinski definition) is 1. The highest BCUT2D eigenvalue weighted by atomic mass is 32.2. The van der Waals surface area contributed by atoms with Gasteiger partial charge in [-0.25, -0.2) is 4.98 Å². The summed E-state index contributed by atoms with van der Waals surface area (Å²) in [5, 5.41) is 0. The molecule has 0 aliphatic carbocycles. The first-order valence-electron chi connectivity index (χ1n) is 5.28. The van der Waals surface area contributed by atoms with Gasteiger partial charge in [0.25, 0.3) is 0 Å². The van der Waals surface area contributed by atoms with Crippen molar-refractivity contribution in [2.75, 3.05) is 12.0 Å². The number of nitrogens with zero attached hydrogens (tertiary/aromatic N) is 1. The Labute approximate surface area is 114 Å². The highest BCUT2D eigenvalue weighted by Crippen LogP contribution is 2.27. The van der Waals surface area contributed by atoms with E-state index in [1.807, 2.05) is 36.6 Å². The van der Waals surface area contributed by atoms with Gasteiger partial charge < -0.3 is 5.73 Å². The molecule has 18 heavy (non-hydrogen) atoms. The number of rotatable bonds is 4. The summed E-state index contributed by atoms with van der Waals surface area (Å²) in [6.07, 6.45) is 5.22. The number of benzene rings is 1. The van der Waals surface area contributed by atoms with Gasteiger partial charge in [-0.1, -0.05) is 48.2 Å². The van der Waals surface area contributed by atoms with Crippen molar-refractivity contribution in [2.45, 2.75) is 4.34 Å². The summed E-state index contributed by atoms with van der Waals surface area (Å²) in [5.74, 6) is 0.209. The summed E-state index contributed by atoms with van der Waals surface area (Å²) in [4.78, 5) is 16.6. The number of thiazole rings is 1. The third kappa shape index (κ3) is 3.00.